The Bertz CT molecular complexity index is 663. The average Bonchev–Trinajstić information content (AvgIpc) is 2.80. The number of carbonyl (C=O) groups is 2. The number of nitrogens with zero attached hydrogens (tertiary/aromatic N) is 1. The van der Waals surface area contributed by atoms with Crippen LogP contribution >= 0.6 is 11.3 Å². The Morgan fingerprint density at radius 2 is 2.25 bits per heavy atom. The van der Waals surface area contributed by atoms with Crippen LogP contribution in [0.2, 0.25) is 0 Å². The maximum atomic E-state index is 11.8. The third-order valence-electron chi connectivity index (χ3n) is 2.69. The summed E-state index contributed by atoms with van der Waals surface area (Å²) in [5.41, 5.74) is 1.21. The zero-order valence-electron chi connectivity index (χ0n) is 11.0. The SMILES string of the molecule is CCOC(=O)c1sc(-c2cccc(O)c2C=O)nc1C. The van der Waals surface area contributed by atoms with Crippen LogP contribution in [-0.4, -0.2) is 29.0 Å². The Kier molecular flexibility index (Phi) is 4.14. The second kappa shape index (κ2) is 5.83. The Hall–Kier alpha value is -2.21. The van der Waals surface area contributed by atoms with Crippen LogP contribution in [-0.2, 0) is 4.74 Å². The van der Waals surface area contributed by atoms with E-state index in [0.717, 1.165) is 11.3 Å². The first-order valence-electron chi connectivity index (χ1n) is 6.00. The number of aldehydes is 1. The van der Waals surface area contributed by atoms with E-state index in [9.17, 15) is 14.7 Å². The van der Waals surface area contributed by atoms with Crippen LogP contribution in [0, 0.1) is 6.92 Å². The first-order valence-corrected chi connectivity index (χ1v) is 6.82. The molecule has 0 unspecified atom stereocenters. The second-order valence-electron chi connectivity index (χ2n) is 4.01. The molecule has 0 saturated carbocycles. The van der Waals surface area contributed by atoms with Crippen molar-refractivity contribution in [1.82, 2.24) is 4.98 Å². The largest absolute Gasteiger partial charge is 0.507 e. The van der Waals surface area contributed by atoms with Gasteiger partial charge in [0.05, 0.1) is 17.9 Å². The molecule has 2 aromatic rings. The normalized spacial score (nSPS) is 10.3. The quantitative estimate of drug-likeness (QED) is 0.692. The summed E-state index contributed by atoms with van der Waals surface area (Å²) in [5.74, 6) is -0.537. The fourth-order valence-corrected chi connectivity index (χ4v) is 2.76. The van der Waals surface area contributed by atoms with Gasteiger partial charge in [0, 0.05) is 5.56 Å². The van der Waals surface area contributed by atoms with E-state index < -0.39 is 5.97 Å². The lowest BCUT2D eigenvalue weighted by molar-refractivity contribution is 0.0531. The topological polar surface area (TPSA) is 76.5 Å². The van der Waals surface area contributed by atoms with Crippen molar-refractivity contribution in [1.29, 1.82) is 0 Å². The van der Waals surface area contributed by atoms with Crippen molar-refractivity contribution in [2.45, 2.75) is 13.8 Å². The number of hydrogen-bond acceptors (Lipinski definition) is 6. The third kappa shape index (κ3) is 2.55. The van der Waals surface area contributed by atoms with Crippen LogP contribution < -0.4 is 0 Å². The molecule has 0 spiro atoms. The maximum Gasteiger partial charge on any atom is 0.350 e. The lowest BCUT2D eigenvalue weighted by Gasteiger charge is -2.02. The Morgan fingerprint density at radius 1 is 1.50 bits per heavy atom. The highest BCUT2D eigenvalue weighted by Crippen LogP contribution is 2.33. The number of thiazole rings is 1. The van der Waals surface area contributed by atoms with Crippen molar-refractivity contribution >= 4 is 23.6 Å². The first-order chi connectivity index (χ1) is 9.58. The molecule has 0 amide bonds. The Labute approximate surface area is 119 Å². The molecule has 0 atom stereocenters. The summed E-state index contributed by atoms with van der Waals surface area (Å²) < 4.78 is 4.95. The molecule has 104 valence electrons. The number of phenols is 1. The van der Waals surface area contributed by atoms with Gasteiger partial charge in [0.1, 0.15) is 15.6 Å². The first kappa shape index (κ1) is 14.2. The highest BCUT2D eigenvalue weighted by atomic mass is 32.1. The number of ether oxygens (including phenoxy) is 1. The van der Waals surface area contributed by atoms with Gasteiger partial charge in [0.25, 0.3) is 0 Å². The lowest BCUT2D eigenvalue weighted by atomic mass is 10.1. The fraction of sp³-hybridized carbons (Fsp3) is 0.214. The van der Waals surface area contributed by atoms with Crippen LogP contribution in [0.3, 0.4) is 0 Å². The zero-order chi connectivity index (χ0) is 14.7. The molecule has 2 rings (SSSR count). The maximum absolute atomic E-state index is 11.8. The molecule has 0 bridgehead atoms. The van der Waals surface area contributed by atoms with Gasteiger partial charge in [-0.15, -0.1) is 11.3 Å². The molecule has 0 aliphatic carbocycles. The molecule has 0 aliphatic heterocycles. The minimum absolute atomic E-state index is 0.108. The van der Waals surface area contributed by atoms with Gasteiger partial charge in [0.15, 0.2) is 6.29 Å². The number of aryl methyl sites for hydroxylation is 1. The van der Waals surface area contributed by atoms with Crippen molar-refractivity contribution in [3.05, 3.63) is 34.3 Å². The number of esters is 1. The van der Waals surface area contributed by atoms with Gasteiger partial charge in [0.2, 0.25) is 0 Å². The minimum atomic E-state index is -0.429. The molecule has 0 fully saturated rings. The number of benzene rings is 1. The minimum Gasteiger partial charge on any atom is -0.507 e. The molecular weight excluding hydrogens is 278 g/mol. The van der Waals surface area contributed by atoms with Crippen molar-refractivity contribution < 1.29 is 19.4 Å². The highest BCUT2D eigenvalue weighted by molar-refractivity contribution is 7.17. The molecule has 6 heteroatoms. The molecule has 1 aromatic heterocycles. The van der Waals surface area contributed by atoms with Crippen LogP contribution in [0.15, 0.2) is 18.2 Å². The van der Waals surface area contributed by atoms with Gasteiger partial charge in [-0.25, -0.2) is 9.78 Å². The standard InChI is InChI=1S/C14H13NO4S/c1-3-19-14(18)12-8(2)15-13(20-12)9-5-4-6-11(17)10(9)7-16/h4-7,17H,3H2,1-2H3. The highest BCUT2D eigenvalue weighted by Gasteiger charge is 2.19. The van der Waals surface area contributed by atoms with E-state index in [-0.39, 0.29) is 17.9 Å². The van der Waals surface area contributed by atoms with Crippen LogP contribution in [0.4, 0.5) is 0 Å². The summed E-state index contributed by atoms with van der Waals surface area (Å²) >= 11 is 1.14. The van der Waals surface area contributed by atoms with E-state index in [1.807, 2.05) is 0 Å². The molecule has 1 N–H and O–H groups in total. The van der Waals surface area contributed by atoms with Crippen LogP contribution in [0.1, 0.15) is 32.6 Å². The van der Waals surface area contributed by atoms with Gasteiger partial charge in [-0.05, 0) is 19.9 Å². The summed E-state index contributed by atoms with van der Waals surface area (Å²) in [5, 5.41) is 10.2. The summed E-state index contributed by atoms with van der Waals surface area (Å²) in [7, 11) is 0. The zero-order valence-corrected chi connectivity index (χ0v) is 11.9. The summed E-state index contributed by atoms with van der Waals surface area (Å²) in [4.78, 5) is 27.5. The van der Waals surface area contributed by atoms with E-state index in [4.69, 9.17) is 4.74 Å². The third-order valence-corrected chi connectivity index (χ3v) is 3.86. The van der Waals surface area contributed by atoms with E-state index in [1.165, 1.54) is 6.07 Å². The van der Waals surface area contributed by atoms with Crippen molar-refractivity contribution in [3.63, 3.8) is 0 Å². The summed E-state index contributed by atoms with van der Waals surface area (Å²) in [6.07, 6.45) is 0.575. The molecular formula is C14H13NO4S. The van der Waals surface area contributed by atoms with Gasteiger partial charge in [-0.3, -0.25) is 4.79 Å². The predicted octanol–water partition coefficient (Wildman–Crippen LogP) is 2.81. The molecule has 20 heavy (non-hydrogen) atoms. The summed E-state index contributed by atoms with van der Waals surface area (Å²) in [6.45, 7) is 3.72. The van der Waals surface area contributed by atoms with E-state index >= 15 is 0 Å². The molecule has 1 aromatic carbocycles. The number of hydrogen-bond donors (Lipinski definition) is 1. The Morgan fingerprint density at radius 3 is 2.90 bits per heavy atom. The molecule has 0 saturated heterocycles. The number of aromatic nitrogens is 1. The van der Waals surface area contributed by atoms with E-state index in [0.29, 0.717) is 27.4 Å². The van der Waals surface area contributed by atoms with Crippen LogP contribution in [0.5, 0.6) is 5.75 Å². The van der Waals surface area contributed by atoms with Crippen molar-refractivity contribution in [2.75, 3.05) is 6.61 Å². The fourth-order valence-electron chi connectivity index (χ4n) is 1.76. The van der Waals surface area contributed by atoms with Crippen molar-refractivity contribution in [2.24, 2.45) is 0 Å². The predicted molar refractivity (Wildman–Crippen MR) is 75.3 cm³/mol. The van der Waals surface area contributed by atoms with Crippen LogP contribution in [0.25, 0.3) is 10.6 Å². The van der Waals surface area contributed by atoms with E-state index in [2.05, 4.69) is 4.98 Å². The number of phenolic OH excluding ortho intramolecular Hbond substituents is 1. The van der Waals surface area contributed by atoms with Gasteiger partial charge >= 0.3 is 5.97 Å². The molecule has 1 heterocycles. The van der Waals surface area contributed by atoms with Crippen molar-refractivity contribution in [3.8, 4) is 16.3 Å². The number of carbonyl (C=O) groups excluding carboxylic acids is 2. The number of rotatable bonds is 4. The summed E-state index contributed by atoms with van der Waals surface area (Å²) in [6, 6.07) is 4.73. The molecule has 0 radical (unpaired) electrons. The van der Waals surface area contributed by atoms with E-state index in [1.54, 1.807) is 26.0 Å². The molecule has 5 nitrogen and oxygen atoms in total. The Balaban J connectivity index is 2.50. The van der Waals surface area contributed by atoms with Gasteiger partial charge < -0.3 is 9.84 Å². The monoisotopic (exact) mass is 291 g/mol. The average molecular weight is 291 g/mol. The van der Waals surface area contributed by atoms with Gasteiger partial charge in [-0.1, -0.05) is 12.1 Å². The number of aromatic hydroxyl groups is 1. The van der Waals surface area contributed by atoms with Gasteiger partial charge in [-0.2, -0.15) is 0 Å². The smallest absolute Gasteiger partial charge is 0.350 e. The lowest BCUT2D eigenvalue weighted by Crippen LogP contribution is -2.03. The second-order valence-corrected chi connectivity index (χ2v) is 5.01. The molecule has 0 aliphatic rings.